The van der Waals surface area contributed by atoms with Crippen molar-refractivity contribution in [2.75, 3.05) is 0 Å². The summed E-state index contributed by atoms with van der Waals surface area (Å²) in [4.78, 5) is 0. The molecular weight excluding hydrogens is 162 g/mol. The molecule has 0 N–H and O–H groups in total. The van der Waals surface area contributed by atoms with Gasteiger partial charge in [-0.3, -0.25) is 0 Å². The van der Waals surface area contributed by atoms with Crippen molar-refractivity contribution in [3.05, 3.63) is 30.0 Å². The van der Waals surface area contributed by atoms with Crippen LogP contribution < -0.4 is 0 Å². The lowest BCUT2D eigenvalue weighted by atomic mass is 9.97. The zero-order valence-electron chi connectivity index (χ0n) is 7.95. The summed E-state index contributed by atoms with van der Waals surface area (Å²) >= 11 is 0. The van der Waals surface area contributed by atoms with Crippen LogP contribution in [0, 0.1) is 0 Å². The van der Waals surface area contributed by atoms with Gasteiger partial charge in [-0.15, -0.1) is 0 Å². The van der Waals surface area contributed by atoms with Crippen LogP contribution in [0.5, 0.6) is 0 Å². The Morgan fingerprint density at radius 1 is 1.46 bits per heavy atom. The first-order chi connectivity index (χ1) is 6.33. The van der Waals surface area contributed by atoms with Crippen LogP contribution in [0.2, 0.25) is 0 Å². The van der Waals surface area contributed by atoms with E-state index in [1.165, 1.54) is 5.56 Å². The Bertz CT molecular complexity index is 405. The highest BCUT2D eigenvalue weighted by Gasteiger charge is 2.09. The zero-order chi connectivity index (χ0) is 9.26. The maximum Gasteiger partial charge on any atom is 0.170 e. The number of nitrogens with zero attached hydrogens (tertiary/aromatic N) is 1. The van der Waals surface area contributed by atoms with Crippen molar-refractivity contribution < 1.29 is 4.52 Å². The molecule has 0 fully saturated rings. The Morgan fingerprint density at radius 3 is 3.08 bits per heavy atom. The van der Waals surface area contributed by atoms with E-state index in [2.05, 4.69) is 31.1 Å². The van der Waals surface area contributed by atoms with E-state index in [-0.39, 0.29) is 0 Å². The van der Waals surface area contributed by atoms with Crippen LogP contribution in [0.25, 0.3) is 11.0 Å². The lowest BCUT2D eigenvalue weighted by Gasteiger charge is -2.07. The van der Waals surface area contributed by atoms with Crippen LogP contribution in [0.15, 0.2) is 28.9 Å². The van der Waals surface area contributed by atoms with E-state index in [9.17, 15) is 0 Å². The molecule has 0 spiro atoms. The van der Waals surface area contributed by atoms with E-state index in [0.29, 0.717) is 5.92 Å². The Kier molecular flexibility index (Phi) is 2.05. The lowest BCUT2D eigenvalue weighted by molar-refractivity contribution is 0.452. The third kappa shape index (κ3) is 1.32. The number of benzene rings is 1. The molecule has 0 bridgehead atoms. The van der Waals surface area contributed by atoms with Gasteiger partial charge >= 0.3 is 0 Å². The van der Waals surface area contributed by atoms with Gasteiger partial charge in [0.1, 0.15) is 0 Å². The fourth-order valence-corrected chi connectivity index (χ4v) is 1.52. The van der Waals surface area contributed by atoms with Gasteiger partial charge in [0.15, 0.2) is 5.58 Å². The molecule has 2 aromatic rings. The quantitative estimate of drug-likeness (QED) is 0.699. The number of para-hydroxylation sites is 1. The standard InChI is InChI=1S/C11H13NO/c1-3-8(2)10-6-4-5-9-7-12-13-11(9)10/h4-8H,3H2,1-2H3. The molecule has 1 aromatic carbocycles. The summed E-state index contributed by atoms with van der Waals surface area (Å²) in [7, 11) is 0. The van der Waals surface area contributed by atoms with Crippen LogP contribution in [0.4, 0.5) is 0 Å². The summed E-state index contributed by atoms with van der Waals surface area (Å²) in [5, 5.41) is 4.90. The number of hydrogen-bond acceptors (Lipinski definition) is 2. The second-order valence-electron chi connectivity index (χ2n) is 3.40. The van der Waals surface area contributed by atoms with E-state index in [1.54, 1.807) is 6.20 Å². The molecule has 0 aliphatic carbocycles. The summed E-state index contributed by atoms with van der Waals surface area (Å²) in [6.07, 6.45) is 2.89. The maximum atomic E-state index is 5.22. The molecule has 68 valence electrons. The number of rotatable bonds is 2. The fraction of sp³-hybridized carbons (Fsp3) is 0.364. The zero-order valence-corrected chi connectivity index (χ0v) is 7.95. The van der Waals surface area contributed by atoms with E-state index in [4.69, 9.17) is 4.52 Å². The molecule has 0 saturated heterocycles. The first-order valence-corrected chi connectivity index (χ1v) is 4.66. The molecule has 1 heterocycles. The summed E-state index contributed by atoms with van der Waals surface area (Å²) in [6.45, 7) is 4.39. The number of aromatic nitrogens is 1. The minimum absolute atomic E-state index is 0.539. The smallest absolute Gasteiger partial charge is 0.170 e. The fourth-order valence-electron chi connectivity index (χ4n) is 1.52. The molecular formula is C11H13NO. The van der Waals surface area contributed by atoms with Crippen LogP contribution in [0.3, 0.4) is 0 Å². The third-order valence-corrected chi connectivity index (χ3v) is 2.56. The van der Waals surface area contributed by atoms with Crippen LogP contribution >= 0.6 is 0 Å². The van der Waals surface area contributed by atoms with Crippen LogP contribution in [-0.4, -0.2) is 5.16 Å². The molecule has 0 aliphatic rings. The Labute approximate surface area is 77.5 Å². The Hall–Kier alpha value is -1.31. The molecule has 0 aliphatic heterocycles. The maximum absolute atomic E-state index is 5.22. The number of hydrogen-bond donors (Lipinski definition) is 0. The van der Waals surface area contributed by atoms with E-state index >= 15 is 0 Å². The van der Waals surface area contributed by atoms with Crippen molar-refractivity contribution in [3.63, 3.8) is 0 Å². The van der Waals surface area contributed by atoms with Gasteiger partial charge in [-0.2, -0.15) is 0 Å². The molecule has 0 saturated carbocycles. The average Bonchev–Trinajstić information content (AvgIpc) is 2.63. The predicted octanol–water partition coefficient (Wildman–Crippen LogP) is 3.34. The van der Waals surface area contributed by atoms with E-state index in [0.717, 1.165) is 17.4 Å². The second kappa shape index (κ2) is 3.21. The van der Waals surface area contributed by atoms with Crippen molar-refractivity contribution in [1.82, 2.24) is 5.16 Å². The minimum atomic E-state index is 0.539. The van der Waals surface area contributed by atoms with E-state index in [1.807, 2.05) is 6.07 Å². The van der Waals surface area contributed by atoms with Crippen LogP contribution in [0.1, 0.15) is 31.7 Å². The molecule has 13 heavy (non-hydrogen) atoms. The summed E-state index contributed by atoms with van der Waals surface area (Å²) in [6, 6.07) is 6.19. The Balaban J connectivity index is 2.60. The van der Waals surface area contributed by atoms with Gasteiger partial charge < -0.3 is 4.52 Å². The first-order valence-electron chi connectivity index (χ1n) is 4.66. The van der Waals surface area contributed by atoms with Crippen molar-refractivity contribution in [3.8, 4) is 0 Å². The van der Waals surface area contributed by atoms with E-state index < -0.39 is 0 Å². The highest BCUT2D eigenvalue weighted by atomic mass is 16.5. The van der Waals surface area contributed by atoms with Crippen molar-refractivity contribution in [2.45, 2.75) is 26.2 Å². The largest absolute Gasteiger partial charge is 0.356 e. The average molecular weight is 175 g/mol. The highest BCUT2D eigenvalue weighted by Crippen LogP contribution is 2.26. The van der Waals surface area contributed by atoms with Gasteiger partial charge in [0.2, 0.25) is 0 Å². The van der Waals surface area contributed by atoms with Gasteiger partial charge in [0.25, 0.3) is 0 Å². The minimum Gasteiger partial charge on any atom is -0.356 e. The van der Waals surface area contributed by atoms with Crippen molar-refractivity contribution in [2.24, 2.45) is 0 Å². The highest BCUT2D eigenvalue weighted by molar-refractivity contribution is 5.79. The second-order valence-corrected chi connectivity index (χ2v) is 3.40. The first kappa shape index (κ1) is 8.30. The SMILES string of the molecule is CCC(C)c1cccc2cnoc12. The van der Waals surface area contributed by atoms with Gasteiger partial charge in [0.05, 0.1) is 6.20 Å². The molecule has 1 aromatic heterocycles. The molecule has 2 nitrogen and oxygen atoms in total. The summed E-state index contributed by atoms with van der Waals surface area (Å²) in [5.74, 6) is 0.539. The van der Waals surface area contributed by atoms with Gasteiger partial charge in [0, 0.05) is 10.9 Å². The van der Waals surface area contributed by atoms with Gasteiger partial charge in [-0.1, -0.05) is 31.1 Å². The molecule has 2 rings (SSSR count). The molecule has 1 unspecified atom stereocenters. The monoisotopic (exact) mass is 175 g/mol. The number of fused-ring (bicyclic) bond motifs is 1. The topological polar surface area (TPSA) is 26.0 Å². The molecule has 2 heteroatoms. The third-order valence-electron chi connectivity index (χ3n) is 2.56. The normalized spacial score (nSPS) is 13.4. The Morgan fingerprint density at radius 2 is 2.31 bits per heavy atom. The summed E-state index contributed by atoms with van der Waals surface area (Å²) < 4.78 is 5.22. The molecule has 0 radical (unpaired) electrons. The molecule has 0 amide bonds. The van der Waals surface area contributed by atoms with Crippen molar-refractivity contribution in [1.29, 1.82) is 0 Å². The van der Waals surface area contributed by atoms with Crippen molar-refractivity contribution >= 4 is 11.0 Å². The van der Waals surface area contributed by atoms with Gasteiger partial charge in [-0.25, -0.2) is 0 Å². The predicted molar refractivity (Wildman–Crippen MR) is 52.7 cm³/mol. The molecule has 1 atom stereocenters. The van der Waals surface area contributed by atoms with Crippen LogP contribution in [-0.2, 0) is 0 Å². The lowest BCUT2D eigenvalue weighted by Crippen LogP contribution is -1.90. The van der Waals surface area contributed by atoms with Gasteiger partial charge in [-0.05, 0) is 18.4 Å². The summed E-state index contributed by atoms with van der Waals surface area (Å²) in [5.41, 5.74) is 2.20.